The van der Waals surface area contributed by atoms with Crippen molar-refractivity contribution in [3.8, 4) is 17.9 Å². The average molecular weight is 312 g/mol. The highest BCUT2D eigenvalue weighted by molar-refractivity contribution is 6.00. The first-order chi connectivity index (χ1) is 11.0. The van der Waals surface area contributed by atoms with Gasteiger partial charge in [0.25, 0.3) is 5.91 Å². The lowest BCUT2D eigenvalue weighted by atomic mass is 9.93. The van der Waals surface area contributed by atoms with Crippen molar-refractivity contribution in [2.24, 2.45) is 21.6 Å². The van der Waals surface area contributed by atoms with Crippen LogP contribution >= 0.6 is 0 Å². The van der Waals surface area contributed by atoms with Crippen molar-refractivity contribution < 1.29 is 14.2 Å². The van der Waals surface area contributed by atoms with E-state index in [4.69, 9.17) is 19.9 Å². The standard InChI is InChI=1S/C16H16N4O3/c1-21-11-7-5-4-6-10(11)12-14(8-17)13(19)20-16(22-2,23-3)15(12,14)9-18/h4-7,12H,1-3H3,(H2,19,20)/t12-,14+,15+/m0/s1. The monoisotopic (exact) mass is 312 g/mol. The maximum Gasteiger partial charge on any atom is 0.292 e. The first kappa shape index (κ1) is 15.3. The predicted octanol–water partition coefficient (Wildman–Crippen LogP) is 1.13. The molecule has 1 aliphatic heterocycles. The summed E-state index contributed by atoms with van der Waals surface area (Å²) in [6.07, 6.45) is 0. The van der Waals surface area contributed by atoms with Crippen LogP contribution in [0.25, 0.3) is 0 Å². The molecule has 23 heavy (non-hydrogen) atoms. The number of aliphatic imine (C=N–C) groups is 1. The zero-order valence-electron chi connectivity index (χ0n) is 13.0. The van der Waals surface area contributed by atoms with Gasteiger partial charge in [-0.15, -0.1) is 0 Å². The van der Waals surface area contributed by atoms with Gasteiger partial charge in [0.15, 0.2) is 5.41 Å². The fourth-order valence-corrected chi connectivity index (χ4v) is 3.89. The van der Waals surface area contributed by atoms with E-state index in [0.29, 0.717) is 11.3 Å². The lowest BCUT2D eigenvalue weighted by molar-refractivity contribution is -0.230. The SMILES string of the molecule is COc1ccccc1[C@H]1[C@]2(C#N)C(N)=NC(OC)(OC)[C@]12C#N. The molecule has 1 aromatic carbocycles. The number of ether oxygens (including phenoxy) is 3. The number of hydrogen-bond donors (Lipinski definition) is 1. The Bertz CT molecular complexity index is 774. The Kier molecular flexibility index (Phi) is 3.12. The molecule has 1 saturated carbocycles. The van der Waals surface area contributed by atoms with Gasteiger partial charge in [0.2, 0.25) is 0 Å². The van der Waals surface area contributed by atoms with Crippen LogP contribution in [0.5, 0.6) is 5.75 Å². The average Bonchev–Trinajstić information content (AvgIpc) is 3.17. The number of nitrogens with two attached hydrogens (primary N) is 1. The number of fused-ring (bicyclic) bond motifs is 1. The highest BCUT2D eigenvalue weighted by Gasteiger charge is 2.93. The summed E-state index contributed by atoms with van der Waals surface area (Å²) in [6.45, 7) is 0. The smallest absolute Gasteiger partial charge is 0.292 e. The molecule has 0 radical (unpaired) electrons. The topological polar surface area (TPSA) is 114 Å². The molecular weight excluding hydrogens is 296 g/mol. The second-order valence-corrected chi connectivity index (χ2v) is 5.50. The summed E-state index contributed by atoms with van der Waals surface area (Å²) in [6, 6.07) is 11.6. The van der Waals surface area contributed by atoms with Gasteiger partial charge in [0.05, 0.1) is 19.2 Å². The maximum atomic E-state index is 9.94. The van der Waals surface area contributed by atoms with Crippen molar-refractivity contribution in [1.29, 1.82) is 10.5 Å². The Labute approximate surface area is 133 Å². The van der Waals surface area contributed by atoms with E-state index in [1.807, 2.05) is 18.2 Å². The third-order valence-corrected chi connectivity index (χ3v) is 4.93. The van der Waals surface area contributed by atoms with E-state index in [1.54, 1.807) is 6.07 Å². The summed E-state index contributed by atoms with van der Waals surface area (Å²) in [4.78, 5) is 4.17. The van der Waals surface area contributed by atoms with Crippen LogP contribution in [-0.4, -0.2) is 33.1 Å². The van der Waals surface area contributed by atoms with Crippen molar-refractivity contribution in [3.05, 3.63) is 29.8 Å². The molecule has 1 aliphatic carbocycles. The summed E-state index contributed by atoms with van der Waals surface area (Å²) < 4.78 is 16.2. The van der Waals surface area contributed by atoms with Crippen molar-refractivity contribution in [1.82, 2.24) is 0 Å². The van der Waals surface area contributed by atoms with Crippen LogP contribution in [-0.2, 0) is 9.47 Å². The van der Waals surface area contributed by atoms with E-state index in [9.17, 15) is 10.5 Å². The summed E-state index contributed by atoms with van der Waals surface area (Å²) in [7, 11) is 4.29. The van der Waals surface area contributed by atoms with E-state index in [0.717, 1.165) is 0 Å². The second-order valence-electron chi connectivity index (χ2n) is 5.50. The lowest BCUT2D eigenvalue weighted by Gasteiger charge is -2.29. The Morgan fingerprint density at radius 3 is 2.30 bits per heavy atom. The van der Waals surface area contributed by atoms with Crippen LogP contribution in [0.15, 0.2) is 29.3 Å². The molecule has 0 unspecified atom stereocenters. The summed E-state index contributed by atoms with van der Waals surface area (Å²) in [5.41, 5.74) is 4.08. The predicted molar refractivity (Wildman–Crippen MR) is 80.2 cm³/mol. The van der Waals surface area contributed by atoms with Gasteiger partial charge in [-0.25, -0.2) is 4.99 Å². The number of methoxy groups -OCH3 is 3. The number of nitriles is 2. The Morgan fingerprint density at radius 1 is 1.13 bits per heavy atom. The third-order valence-electron chi connectivity index (χ3n) is 4.93. The van der Waals surface area contributed by atoms with E-state index < -0.39 is 22.7 Å². The molecule has 7 nitrogen and oxygen atoms in total. The molecule has 0 aromatic heterocycles. The molecule has 3 atom stereocenters. The minimum Gasteiger partial charge on any atom is -0.496 e. The highest BCUT2D eigenvalue weighted by atomic mass is 16.7. The summed E-state index contributed by atoms with van der Waals surface area (Å²) >= 11 is 0. The zero-order valence-corrected chi connectivity index (χ0v) is 13.0. The van der Waals surface area contributed by atoms with Crippen LogP contribution in [0, 0.1) is 33.5 Å². The third kappa shape index (κ3) is 1.37. The first-order valence-corrected chi connectivity index (χ1v) is 6.96. The van der Waals surface area contributed by atoms with Crippen LogP contribution < -0.4 is 10.5 Å². The van der Waals surface area contributed by atoms with Crippen LogP contribution in [0.2, 0.25) is 0 Å². The van der Waals surface area contributed by atoms with E-state index in [2.05, 4.69) is 17.1 Å². The first-order valence-electron chi connectivity index (χ1n) is 6.96. The molecule has 2 N–H and O–H groups in total. The quantitative estimate of drug-likeness (QED) is 0.834. The van der Waals surface area contributed by atoms with Crippen molar-refractivity contribution in [2.75, 3.05) is 21.3 Å². The van der Waals surface area contributed by atoms with Gasteiger partial charge in [-0.3, -0.25) is 0 Å². The van der Waals surface area contributed by atoms with Gasteiger partial charge in [-0.2, -0.15) is 10.5 Å². The maximum absolute atomic E-state index is 9.94. The largest absolute Gasteiger partial charge is 0.496 e. The van der Waals surface area contributed by atoms with Gasteiger partial charge >= 0.3 is 0 Å². The number of nitrogens with zero attached hydrogens (tertiary/aromatic N) is 3. The van der Waals surface area contributed by atoms with E-state index >= 15 is 0 Å². The summed E-state index contributed by atoms with van der Waals surface area (Å²) in [5, 5.41) is 19.8. The Hall–Kier alpha value is -2.61. The van der Waals surface area contributed by atoms with Crippen molar-refractivity contribution in [2.45, 2.75) is 11.8 Å². The van der Waals surface area contributed by atoms with Gasteiger partial charge in [-0.05, 0) is 6.07 Å². The number of rotatable bonds is 4. The Morgan fingerprint density at radius 2 is 1.78 bits per heavy atom. The molecule has 0 amide bonds. The molecule has 0 spiro atoms. The summed E-state index contributed by atoms with van der Waals surface area (Å²) in [5.74, 6) is -1.56. The normalized spacial score (nSPS) is 33.1. The molecule has 118 valence electrons. The minimum absolute atomic E-state index is 0.0427. The van der Waals surface area contributed by atoms with Gasteiger partial charge < -0.3 is 19.9 Å². The molecule has 0 bridgehead atoms. The molecule has 3 rings (SSSR count). The van der Waals surface area contributed by atoms with Gasteiger partial charge in [0, 0.05) is 25.7 Å². The molecule has 7 heteroatoms. The molecule has 1 heterocycles. The molecule has 0 saturated heterocycles. The van der Waals surface area contributed by atoms with Crippen molar-refractivity contribution >= 4 is 5.84 Å². The van der Waals surface area contributed by atoms with Crippen molar-refractivity contribution in [3.63, 3.8) is 0 Å². The van der Waals surface area contributed by atoms with Crippen LogP contribution in [0.3, 0.4) is 0 Å². The van der Waals surface area contributed by atoms with E-state index in [1.165, 1.54) is 21.3 Å². The van der Waals surface area contributed by atoms with Gasteiger partial charge in [-0.1, -0.05) is 18.2 Å². The highest BCUT2D eigenvalue weighted by Crippen LogP contribution is 2.82. The Balaban J connectivity index is 2.28. The molecule has 1 aromatic rings. The molecule has 2 aliphatic rings. The molecular formula is C16H16N4O3. The molecule has 1 fully saturated rings. The number of amidine groups is 1. The lowest BCUT2D eigenvalue weighted by Crippen LogP contribution is -2.41. The second kappa shape index (κ2) is 4.69. The fraction of sp³-hybridized carbons (Fsp3) is 0.438. The van der Waals surface area contributed by atoms with E-state index in [-0.39, 0.29) is 5.84 Å². The number of benzene rings is 1. The van der Waals surface area contributed by atoms with Crippen LogP contribution in [0.4, 0.5) is 0 Å². The number of hydrogen-bond acceptors (Lipinski definition) is 7. The van der Waals surface area contributed by atoms with Gasteiger partial charge in [0.1, 0.15) is 17.0 Å². The zero-order chi connectivity index (χ0) is 16.9. The fourth-order valence-electron chi connectivity index (χ4n) is 3.89. The minimum atomic E-state index is -1.62. The van der Waals surface area contributed by atoms with Crippen LogP contribution in [0.1, 0.15) is 11.5 Å². The number of para-hydroxylation sites is 1.